The molecule has 8 nitrogen and oxygen atoms in total. The fourth-order valence-electron chi connectivity index (χ4n) is 5.74. The van der Waals surface area contributed by atoms with Crippen LogP contribution >= 0.6 is 0 Å². The summed E-state index contributed by atoms with van der Waals surface area (Å²) in [7, 11) is 0. The van der Waals surface area contributed by atoms with E-state index in [1.54, 1.807) is 6.07 Å². The van der Waals surface area contributed by atoms with Crippen molar-refractivity contribution in [2.45, 2.75) is 13.0 Å². The van der Waals surface area contributed by atoms with Gasteiger partial charge < -0.3 is 24.0 Å². The second kappa shape index (κ2) is 13.9. The third kappa shape index (κ3) is 6.95. The van der Waals surface area contributed by atoms with Crippen molar-refractivity contribution in [2.75, 3.05) is 31.1 Å². The number of amides is 1. The highest BCUT2D eigenvalue weighted by Crippen LogP contribution is 2.21. The molecule has 1 amide bonds. The third-order valence-corrected chi connectivity index (χ3v) is 8.32. The summed E-state index contributed by atoms with van der Waals surface area (Å²) in [6.45, 7) is 1.22. The van der Waals surface area contributed by atoms with Gasteiger partial charge in [-0.15, -0.1) is 0 Å². The van der Waals surface area contributed by atoms with Crippen molar-refractivity contribution in [1.82, 2.24) is 14.0 Å². The van der Waals surface area contributed by atoms with Crippen LogP contribution in [-0.4, -0.2) is 57.0 Å². The average Bonchev–Trinajstić information content (AvgIpc) is 3.64. The minimum Gasteiger partial charge on any atom is -0.507 e. The molecule has 0 unspecified atom stereocenters. The van der Waals surface area contributed by atoms with E-state index in [4.69, 9.17) is 0 Å². The monoisotopic (exact) mass is 652 g/mol. The molecule has 1 aliphatic rings. The lowest BCUT2D eigenvalue weighted by atomic mass is 10.0. The number of benzene rings is 3. The SMILES string of the molecule is O=C(/C=C(\O)c1cc(Cc2c(F)cccc2F)cn(Cc2ccccc2F)c1=O)C(=O)N1CCN(c2ccc(-n3cccc3)cc2)CC1. The number of hydrogen-bond donors (Lipinski definition) is 1. The van der Waals surface area contributed by atoms with Gasteiger partial charge in [-0.05, 0) is 66.2 Å². The number of nitrogens with zero attached hydrogens (tertiary/aromatic N) is 4. The Kier molecular flexibility index (Phi) is 9.29. The van der Waals surface area contributed by atoms with Gasteiger partial charge in [0, 0.05) is 79.8 Å². The molecule has 0 saturated carbocycles. The van der Waals surface area contributed by atoms with E-state index in [0.29, 0.717) is 19.2 Å². The molecule has 1 saturated heterocycles. The molecule has 0 atom stereocenters. The number of hydrogen-bond acceptors (Lipinski definition) is 5. The van der Waals surface area contributed by atoms with Crippen LogP contribution in [0.15, 0.2) is 114 Å². The molecule has 0 spiro atoms. The fraction of sp³-hybridized carbons (Fsp3) is 0.162. The fourth-order valence-corrected chi connectivity index (χ4v) is 5.74. The first-order valence-electron chi connectivity index (χ1n) is 15.3. The average molecular weight is 653 g/mol. The predicted octanol–water partition coefficient (Wildman–Crippen LogP) is 5.51. The number of aromatic nitrogens is 2. The zero-order chi connectivity index (χ0) is 33.8. The summed E-state index contributed by atoms with van der Waals surface area (Å²) in [6, 6.07) is 22.3. The summed E-state index contributed by atoms with van der Waals surface area (Å²) in [4.78, 5) is 43.0. The maximum atomic E-state index is 14.5. The number of carbonyl (C=O) groups is 2. The second-order valence-corrected chi connectivity index (χ2v) is 11.4. The van der Waals surface area contributed by atoms with Gasteiger partial charge in [0.1, 0.15) is 23.2 Å². The quantitative estimate of drug-likeness (QED) is 0.129. The molecule has 11 heteroatoms. The van der Waals surface area contributed by atoms with E-state index in [0.717, 1.165) is 28.1 Å². The minimum absolute atomic E-state index is 0.158. The third-order valence-electron chi connectivity index (χ3n) is 8.32. The zero-order valence-corrected chi connectivity index (χ0v) is 25.7. The molecule has 48 heavy (non-hydrogen) atoms. The highest BCUT2D eigenvalue weighted by molar-refractivity contribution is 6.41. The molecule has 3 aromatic carbocycles. The van der Waals surface area contributed by atoms with Gasteiger partial charge in [-0.2, -0.15) is 0 Å². The summed E-state index contributed by atoms with van der Waals surface area (Å²) in [6.07, 6.45) is 5.59. The van der Waals surface area contributed by atoms with Crippen LogP contribution in [0.25, 0.3) is 11.4 Å². The summed E-state index contributed by atoms with van der Waals surface area (Å²) in [5.74, 6) is -4.87. The van der Waals surface area contributed by atoms with Crippen LogP contribution in [0.4, 0.5) is 18.9 Å². The number of aliphatic hydroxyl groups excluding tert-OH is 1. The van der Waals surface area contributed by atoms with Gasteiger partial charge in [-0.3, -0.25) is 14.4 Å². The maximum Gasteiger partial charge on any atom is 0.294 e. The molecular weight excluding hydrogens is 621 g/mol. The Morgan fingerprint density at radius 1 is 0.771 bits per heavy atom. The number of rotatable bonds is 9. The number of piperazine rings is 1. The first kappa shape index (κ1) is 32.1. The molecule has 0 aliphatic carbocycles. The standard InChI is InChI=1S/C37H31F3N4O4/c38-31-7-2-1-6-26(31)24-44-23-25(20-29-32(39)8-5-9-33(29)40)21-30(36(44)47)34(45)22-35(46)37(48)43-18-16-42(17-19-43)28-12-10-27(11-13-28)41-14-3-4-15-41/h1-15,21-23,45H,16-20,24H2/b34-22-. The van der Waals surface area contributed by atoms with Crippen LogP contribution < -0.4 is 10.5 Å². The Morgan fingerprint density at radius 2 is 1.40 bits per heavy atom. The van der Waals surface area contributed by atoms with Crippen molar-refractivity contribution in [1.29, 1.82) is 0 Å². The smallest absolute Gasteiger partial charge is 0.294 e. The Hall–Kier alpha value is -5.84. The first-order chi connectivity index (χ1) is 23.2. The number of aliphatic hydroxyl groups is 1. The second-order valence-electron chi connectivity index (χ2n) is 11.4. The molecule has 2 aromatic heterocycles. The van der Waals surface area contributed by atoms with Crippen LogP contribution in [0.2, 0.25) is 0 Å². The normalized spacial score (nSPS) is 13.5. The molecule has 5 aromatic rings. The van der Waals surface area contributed by atoms with Crippen LogP contribution in [0.3, 0.4) is 0 Å². The largest absolute Gasteiger partial charge is 0.507 e. The Bertz CT molecular complexity index is 2030. The molecule has 6 rings (SSSR count). The molecule has 1 aliphatic heterocycles. The van der Waals surface area contributed by atoms with Crippen molar-refractivity contribution < 1.29 is 27.9 Å². The van der Waals surface area contributed by atoms with Crippen molar-refractivity contribution in [2.24, 2.45) is 0 Å². The van der Waals surface area contributed by atoms with Crippen molar-refractivity contribution in [3.8, 4) is 5.69 Å². The number of pyridine rings is 1. The number of anilines is 1. The number of carbonyl (C=O) groups excluding carboxylic acids is 2. The van der Waals surface area contributed by atoms with Crippen LogP contribution in [0, 0.1) is 17.5 Å². The molecule has 1 N–H and O–H groups in total. The van der Waals surface area contributed by atoms with E-state index in [1.807, 2.05) is 53.4 Å². The van der Waals surface area contributed by atoms with Crippen molar-refractivity contribution in [3.63, 3.8) is 0 Å². The zero-order valence-electron chi connectivity index (χ0n) is 25.7. The van der Waals surface area contributed by atoms with E-state index in [9.17, 15) is 32.7 Å². The molecule has 244 valence electrons. The van der Waals surface area contributed by atoms with Gasteiger partial charge in [-0.1, -0.05) is 24.3 Å². The predicted molar refractivity (Wildman–Crippen MR) is 176 cm³/mol. The highest BCUT2D eigenvalue weighted by atomic mass is 19.1. The maximum absolute atomic E-state index is 14.5. The molecule has 0 radical (unpaired) electrons. The minimum atomic E-state index is -1.04. The van der Waals surface area contributed by atoms with Gasteiger partial charge >= 0.3 is 0 Å². The van der Waals surface area contributed by atoms with Crippen molar-refractivity contribution >= 4 is 23.1 Å². The van der Waals surface area contributed by atoms with Crippen molar-refractivity contribution in [3.05, 3.63) is 160 Å². The highest BCUT2D eigenvalue weighted by Gasteiger charge is 2.26. The lowest BCUT2D eigenvalue weighted by molar-refractivity contribution is -0.142. The molecule has 3 heterocycles. The van der Waals surface area contributed by atoms with Crippen LogP contribution in [-0.2, 0) is 22.6 Å². The lowest BCUT2D eigenvalue weighted by Gasteiger charge is -2.35. The van der Waals surface area contributed by atoms with Crippen LogP contribution in [0.5, 0.6) is 0 Å². The van der Waals surface area contributed by atoms with Gasteiger partial charge in [0.15, 0.2) is 0 Å². The molecule has 0 bridgehead atoms. The van der Waals surface area contributed by atoms with E-state index in [2.05, 4.69) is 4.90 Å². The molecular formula is C37H31F3N4O4. The Morgan fingerprint density at radius 3 is 2.06 bits per heavy atom. The first-order valence-corrected chi connectivity index (χ1v) is 15.3. The lowest BCUT2D eigenvalue weighted by Crippen LogP contribution is -2.50. The van der Waals surface area contributed by atoms with Crippen LogP contribution in [0.1, 0.15) is 22.3 Å². The summed E-state index contributed by atoms with van der Waals surface area (Å²) < 4.78 is 46.5. The summed E-state index contributed by atoms with van der Waals surface area (Å²) >= 11 is 0. The number of halogens is 3. The van der Waals surface area contributed by atoms with Gasteiger partial charge in [0.05, 0.1) is 12.1 Å². The topological polar surface area (TPSA) is 87.8 Å². The van der Waals surface area contributed by atoms with Gasteiger partial charge in [0.25, 0.3) is 11.5 Å². The molecule has 1 fully saturated rings. The van der Waals surface area contributed by atoms with E-state index in [-0.39, 0.29) is 48.3 Å². The Labute approximate surface area is 274 Å². The summed E-state index contributed by atoms with van der Waals surface area (Å²) in [5, 5.41) is 11.0. The van der Waals surface area contributed by atoms with Gasteiger partial charge in [-0.25, -0.2) is 13.2 Å². The van der Waals surface area contributed by atoms with E-state index in [1.165, 1.54) is 41.4 Å². The van der Waals surface area contributed by atoms with Gasteiger partial charge in [0.2, 0.25) is 5.78 Å². The Balaban J connectivity index is 1.20. The number of ketones is 1. The van der Waals surface area contributed by atoms with E-state index < -0.39 is 40.5 Å². The van der Waals surface area contributed by atoms with E-state index >= 15 is 0 Å². The summed E-state index contributed by atoms with van der Waals surface area (Å²) in [5.41, 5.74) is 0.913.